The molecule has 1 saturated heterocycles. The summed E-state index contributed by atoms with van der Waals surface area (Å²) < 4.78 is 6.26. The van der Waals surface area contributed by atoms with Crippen LogP contribution in [0.2, 0.25) is 10.0 Å². The normalized spacial score (nSPS) is 34.6. The highest BCUT2D eigenvalue weighted by Gasteiger charge is 2.67. The number of nitrogens with one attached hydrogen (secondary N) is 1. The van der Waals surface area contributed by atoms with Gasteiger partial charge in [-0.15, -0.1) is 0 Å². The van der Waals surface area contributed by atoms with Crippen LogP contribution < -0.4 is 5.32 Å². The molecule has 2 nitrogen and oxygen atoms in total. The molecule has 1 heterocycles. The highest BCUT2D eigenvalue weighted by atomic mass is 35.5. The summed E-state index contributed by atoms with van der Waals surface area (Å²) in [6, 6.07) is 6.14. The molecule has 1 N–H and O–H groups in total. The summed E-state index contributed by atoms with van der Waals surface area (Å²) in [4.78, 5) is 0. The number of piperidine rings is 1. The summed E-state index contributed by atoms with van der Waals surface area (Å²) in [6.45, 7) is 3.03. The molecule has 3 atom stereocenters. The van der Waals surface area contributed by atoms with Gasteiger partial charge in [-0.2, -0.15) is 0 Å². The zero-order chi connectivity index (χ0) is 15.2. The van der Waals surface area contributed by atoms with Gasteiger partial charge in [-0.25, -0.2) is 0 Å². The Morgan fingerprint density at radius 2 is 1.95 bits per heavy atom. The molecule has 2 saturated carbocycles. The minimum atomic E-state index is 0.225. The van der Waals surface area contributed by atoms with Gasteiger partial charge in [0.2, 0.25) is 0 Å². The fourth-order valence-electron chi connectivity index (χ4n) is 4.68. The van der Waals surface area contributed by atoms with Gasteiger partial charge in [0.25, 0.3) is 0 Å². The van der Waals surface area contributed by atoms with E-state index >= 15 is 0 Å². The monoisotopic (exact) mass is 339 g/mol. The van der Waals surface area contributed by atoms with Crippen LogP contribution in [0.5, 0.6) is 0 Å². The molecule has 0 radical (unpaired) electrons. The third-order valence-electron chi connectivity index (χ3n) is 6.00. The van der Waals surface area contributed by atoms with Crippen molar-refractivity contribution in [2.24, 2.45) is 11.8 Å². The Morgan fingerprint density at radius 1 is 1.14 bits per heavy atom. The lowest BCUT2D eigenvalue weighted by Gasteiger charge is -2.23. The standard InChI is InChI=1S/C18H23Cl2NO/c19-16-7-6-12(8-17(16)20)18-11-21-9-14(18)15(18)10-22-13-4-2-1-3-5-13/h6-8,13-15,21H,1-5,9-11H2/t14-,15?,18+/m1/s1. The van der Waals surface area contributed by atoms with E-state index in [1.165, 1.54) is 37.7 Å². The summed E-state index contributed by atoms with van der Waals surface area (Å²) in [6.07, 6.45) is 7.03. The first-order valence-electron chi connectivity index (χ1n) is 8.49. The number of hydrogen-bond acceptors (Lipinski definition) is 2. The van der Waals surface area contributed by atoms with Crippen molar-refractivity contribution in [1.82, 2.24) is 5.32 Å². The van der Waals surface area contributed by atoms with Crippen molar-refractivity contribution in [2.75, 3.05) is 19.7 Å². The van der Waals surface area contributed by atoms with Crippen LogP contribution in [0.15, 0.2) is 18.2 Å². The molecule has 1 aromatic rings. The molecule has 2 aliphatic carbocycles. The lowest BCUT2D eigenvalue weighted by molar-refractivity contribution is 0.0170. The molecule has 0 amide bonds. The van der Waals surface area contributed by atoms with Gasteiger partial charge < -0.3 is 10.1 Å². The Balaban J connectivity index is 1.46. The Labute approximate surface area is 142 Å². The van der Waals surface area contributed by atoms with E-state index in [0.717, 1.165) is 19.7 Å². The molecule has 4 heteroatoms. The van der Waals surface area contributed by atoms with Gasteiger partial charge in [-0.3, -0.25) is 0 Å². The van der Waals surface area contributed by atoms with Gasteiger partial charge >= 0.3 is 0 Å². The summed E-state index contributed by atoms with van der Waals surface area (Å²) in [5.74, 6) is 1.32. The maximum Gasteiger partial charge on any atom is 0.0595 e. The van der Waals surface area contributed by atoms with Crippen LogP contribution in [0.4, 0.5) is 0 Å². The van der Waals surface area contributed by atoms with Crippen LogP contribution in [0.1, 0.15) is 37.7 Å². The van der Waals surface area contributed by atoms with Crippen molar-refractivity contribution in [1.29, 1.82) is 0 Å². The van der Waals surface area contributed by atoms with E-state index in [9.17, 15) is 0 Å². The van der Waals surface area contributed by atoms with Gasteiger partial charge in [0.1, 0.15) is 0 Å². The van der Waals surface area contributed by atoms with Crippen LogP contribution in [0.3, 0.4) is 0 Å². The minimum Gasteiger partial charge on any atom is -0.378 e. The number of benzene rings is 1. The SMILES string of the molecule is Clc1ccc([C@@]23CNC[C@@H]2C3COC2CCCCC2)cc1Cl. The quantitative estimate of drug-likeness (QED) is 0.876. The Hall–Kier alpha value is -0.280. The number of rotatable bonds is 4. The number of hydrogen-bond donors (Lipinski definition) is 1. The second kappa shape index (κ2) is 5.98. The van der Waals surface area contributed by atoms with Crippen LogP contribution >= 0.6 is 23.2 Å². The summed E-state index contributed by atoms with van der Waals surface area (Å²) in [5.41, 5.74) is 1.55. The summed E-state index contributed by atoms with van der Waals surface area (Å²) in [5, 5.41) is 4.84. The van der Waals surface area contributed by atoms with E-state index in [-0.39, 0.29) is 5.41 Å². The van der Waals surface area contributed by atoms with E-state index in [2.05, 4.69) is 17.4 Å². The van der Waals surface area contributed by atoms with Crippen molar-refractivity contribution in [3.8, 4) is 0 Å². The zero-order valence-electron chi connectivity index (χ0n) is 12.8. The Bertz CT molecular complexity index is 558. The molecule has 22 heavy (non-hydrogen) atoms. The smallest absolute Gasteiger partial charge is 0.0595 e. The molecule has 0 bridgehead atoms. The largest absolute Gasteiger partial charge is 0.378 e. The molecule has 3 fully saturated rings. The third kappa shape index (κ3) is 2.49. The van der Waals surface area contributed by atoms with Crippen LogP contribution in [-0.4, -0.2) is 25.8 Å². The van der Waals surface area contributed by atoms with Gasteiger partial charge in [0.05, 0.1) is 22.8 Å². The number of halogens is 2. The van der Waals surface area contributed by atoms with Gasteiger partial charge in [0, 0.05) is 12.0 Å². The number of ether oxygens (including phenoxy) is 1. The highest BCUT2D eigenvalue weighted by molar-refractivity contribution is 6.42. The molecular weight excluding hydrogens is 317 g/mol. The average molecular weight is 340 g/mol. The highest BCUT2D eigenvalue weighted by Crippen LogP contribution is 2.62. The maximum absolute atomic E-state index is 6.26. The van der Waals surface area contributed by atoms with Gasteiger partial charge in [0.15, 0.2) is 0 Å². The van der Waals surface area contributed by atoms with E-state index in [0.29, 0.717) is 28.0 Å². The lowest BCUT2D eigenvalue weighted by Crippen LogP contribution is -2.27. The molecular formula is C18H23Cl2NO. The zero-order valence-corrected chi connectivity index (χ0v) is 14.3. The van der Waals surface area contributed by atoms with Crippen molar-refractivity contribution in [3.05, 3.63) is 33.8 Å². The van der Waals surface area contributed by atoms with Crippen molar-refractivity contribution in [2.45, 2.75) is 43.6 Å². The lowest BCUT2D eigenvalue weighted by atomic mass is 9.93. The molecule has 120 valence electrons. The predicted octanol–water partition coefficient (Wildman–Crippen LogP) is 4.43. The van der Waals surface area contributed by atoms with Gasteiger partial charge in [-0.1, -0.05) is 48.5 Å². The Kier molecular flexibility index (Phi) is 4.14. The van der Waals surface area contributed by atoms with Crippen molar-refractivity contribution >= 4 is 23.2 Å². The minimum absolute atomic E-state index is 0.225. The van der Waals surface area contributed by atoms with E-state index in [4.69, 9.17) is 27.9 Å². The van der Waals surface area contributed by atoms with Crippen molar-refractivity contribution in [3.63, 3.8) is 0 Å². The molecule has 4 rings (SSSR count). The second-order valence-corrected chi connectivity index (χ2v) is 7.92. The molecule has 1 aliphatic heterocycles. The number of fused-ring (bicyclic) bond motifs is 1. The first kappa shape index (κ1) is 15.3. The third-order valence-corrected chi connectivity index (χ3v) is 6.74. The van der Waals surface area contributed by atoms with E-state index in [1.807, 2.05) is 6.07 Å². The maximum atomic E-state index is 6.26. The first-order valence-corrected chi connectivity index (χ1v) is 9.25. The van der Waals surface area contributed by atoms with E-state index < -0.39 is 0 Å². The topological polar surface area (TPSA) is 21.3 Å². The van der Waals surface area contributed by atoms with Crippen LogP contribution in [-0.2, 0) is 10.2 Å². The summed E-state index contributed by atoms with van der Waals surface area (Å²) >= 11 is 12.3. The fraction of sp³-hybridized carbons (Fsp3) is 0.667. The molecule has 1 unspecified atom stereocenters. The predicted molar refractivity (Wildman–Crippen MR) is 90.8 cm³/mol. The second-order valence-electron chi connectivity index (χ2n) is 7.11. The van der Waals surface area contributed by atoms with E-state index in [1.54, 1.807) is 0 Å². The molecule has 0 aromatic heterocycles. The fourth-order valence-corrected chi connectivity index (χ4v) is 4.98. The average Bonchev–Trinajstić information content (AvgIpc) is 2.93. The van der Waals surface area contributed by atoms with Crippen LogP contribution in [0.25, 0.3) is 0 Å². The first-order chi connectivity index (χ1) is 10.7. The molecule has 1 aromatic carbocycles. The van der Waals surface area contributed by atoms with Gasteiger partial charge in [-0.05, 0) is 48.9 Å². The molecule has 0 spiro atoms. The van der Waals surface area contributed by atoms with Crippen LogP contribution in [0, 0.1) is 11.8 Å². The Morgan fingerprint density at radius 3 is 2.73 bits per heavy atom. The summed E-state index contributed by atoms with van der Waals surface area (Å²) in [7, 11) is 0. The molecule has 3 aliphatic rings. The van der Waals surface area contributed by atoms with Crippen molar-refractivity contribution < 1.29 is 4.74 Å².